The number of nitrogens with one attached hydrogen (secondary N) is 1. The van der Waals surface area contributed by atoms with E-state index in [0.717, 1.165) is 10.9 Å². The lowest BCUT2D eigenvalue weighted by molar-refractivity contribution is -0.123. The molecule has 3 rings (SSSR count). The highest BCUT2D eigenvalue weighted by molar-refractivity contribution is 5.81. The molecule has 5 nitrogen and oxygen atoms in total. The Morgan fingerprint density at radius 1 is 1.07 bits per heavy atom. The lowest BCUT2D eigenvalue weighted by atomic mass is 9.85. The number of aromatic nitrogens is 2. The average Bonchev–Trinajstić information content (AvgIpc) is 2.68. The quantitative estimate of drug-likeness (QED) is 0.709. The van der Waals surface area contributed by atoms with Gasteiger partial charge in [0.05, 0.1) is 17.6 Å². The molecule has 152 valence electrons. The van der Waals surface area contributed by atoms with Crippen LogP contribution < -0.4 is 10.9 Å². The van der Waals surface area contributed by atoms with E-state index in [9.17, 15) is 9.59 Å². The van der Waals surface area contributed by atoms with Crippen molar-refractivity contribution in [3.05, 3.63) is 76.2 Å². The zero-order chi connectivity index (χ0) is 21.2. The highest BCUT2D eigenvalue weighted by atomic mass is 16.2. The molecule has 1 atom stereocenters. The number of rotatable bonds is 5. The molecule has 29 heavy (non-hydrogen) atoms. The summed E-state index contributed by atoms with van der Waals surface area (Å²) in [6, 6.07) is 15.5. The molecule has 0 saturated carbocycles. The van der Waals surface area contributed by atoms with Gasteiger partial charge >= 0.3 is 0 Å². The summed E-state index contributed by atoms with van der Waals surface area (Å²) in [4.78, 5) is 25.3. The molecule has 0 bridgehead atoms. The molecule has 0 aliphatic rings. The molecule has 0 aliphatic heterocycles. The molecule has 3 aromatic rings. The maximum Gasteiger partial charge on any atom is 0.275 e. The second-order valence-corrected chi connectivity index (χ2v) is 8.86. The van der Waals surface area contributed by atoms with Crippen LogP contribution in [0.25, 0.3) is 10.8 Å². The van der Waals surface area contributed by atoms with Crippen LogP contribution in [0, 0.1) is 5.92 Å². The van der Waals surface area contributed by atoms with Gasteiger partial charge in [-0.1, -0.05) is 77.1 Å². The number of nitrogens with zero attached hydrogens (tertiary/aromatic N) is 2. The van der Waals surface area contributed by atoms with Gasteiger partial charge in [-0.05, 0) is 28.5 Å². The molecule has 0 spiro atoms. The largest absolute Gasteiger partial charge is 0.347 e. The van der Waals surface area contributed by atoms with Gasteiger partial charge in [0, 0.05) is 5.39 Å². The zero-order valence-corrected chi connectivity index (χ0v) is 17.8. The third kappa shape index (κ3) is 4.73. The van der Waals surface area contributed by atoms with E-state index in [-0.39, 0.29) is 35.4 Å². The van der Waals surface area contributed by atoms with E-state index < -0.39 is 0 Å². The predicted molar refractivity (Wildman–Crippen MR) is 117 cm³/mol. The van der Waals surface area contributed by atoms with Crippen LogP contribution in [0.5, 0.6) is 0 Å². The number of hydrogen-bond donors (Lipinski definition) is 1. The van der Waals surface area contributed by atoms with Gasteiger partial charge in [0.2, 0.25) is 5.91 Å². The van der Waals surface area contributed by atoms with Crippen LogP contribution in [-0.4, -0.2) is 15.7 Å². The van der Waals surface area contributed by atoms with Crippen molar-refractivity contribution < 1.29 is 4.79 Å². The summed E-state index contributed by atoms with van der Waals surface area (Å²) in [6.07, 6.45) is 1.62. The molecule has 1 aromatic heterocycles. The Balaban J connectivity index is 1.78. The van der Waals surface area contributed by atoms with Crippen molar-refractivity contribution in [3.8, 4) is 0 Å². The van der Waals surface area contributed by atoms with E-state index in [1.165, 1.54) is 10.2 Å². The Morgan fingerprint density at radius 3 is 2.34 bits per heavy atom. The molecule has 2 aromatic carbocycles. The predicted octanol–water partition coefficient (Wildman–Crippen LogP) is 4.21. The fourth-order valence-electron chi connectivity index (χ4n) is 3.42. The number of fused-ring (bicyclic) bond motifs is 1. The second kappa shape index (κ2) is 8.19. The van der Waals surface area contributed by atoms with E-state index in [4.69, 9.17) is 0 Å². The van der Waals surface area contributed by atoms with Gasteiger partial charge in [-0.15, -0.1) is 0 Å². The molecule has 5 heteroatoms. The molecule has 1 unspecified atom stereocenters. The van der Waals surface area contributed by atoms with Gasteiger partial charge in [-0.25, -0.2) is 4.68 Å². The van der Waals surface area contributed by atoms with Gasteiger partial charge in [0.1, 0.15) is 6.54 Å². The van der Waals surface area contributed by atoms with Crippen molar-refractivity contribution in [2.45, 2.75) is 52.6 Å². The van der Waals surface area contributed by atoms with Gasteiger partial charge in [-0.2, -0.15) is 5.10 Å². The minimum absolute atomic E-state index is 0.0814. The normalized spacial score (nSPS) is 12.9. The Morgan fingerprint density at radius 2 is 1.72 bits per heavy atom. The third-order valence-corrected chi connectivity index (χ3v) is 5.17. The average molecular weight is 392 g/mol. The van der Waals surface area contributed by atoms with E-state index in [1.54, 1.807) is 12.3 Å². The summed E-state index contributed by atoms with van der Waals surface area (Å²) in [5.74, 6) is -0.0193. The molecule has 1 heterocycles. The second-order valence-electron chi connectivity index (χ2n) is 8.86. The Bertz CT molecular complexity index is 1060. The fraction of sp³-hybridized carbons (Fsp3) is 0.375. The molecular weight excluding hydrogens is 362 g/mol. The van der Waals surface area contributed by atoms with E-state index in [1.807, 2.05) is 18.2 Å². The lowest BCUT2D eigenvalue weighted by Crippen LogP contribution is -2.37. The van der Waals surface area contributed by atoms with Crippen LogP contribution in [0.15, 0.2) is 59.5 Å². The topological polar surface area (TPSA) is 64.0 Å². The summed E-state index contributed by atoms with van der Waals surface area (Å²) in [5, 5.41) is 8.56. The first kappa shape index (κ1) is 20.8. The highest BCUT2D eigenvalue weighted by Crippen LogP contribution is 2.26. The van der Waals surface area contributed by atoms with Crippen LogP contribution in [0.1, 0.15) is 51.8 Å². The number of carbonyl (C=O) groups excluding carboxylic acids is 1. The SMILES string of the molecule is CC(C)C(NC(=O)Cn1ncc2ccccc2c1=O)c1ccc(C(C)(C)C)cc1. The smallest absolute Gasteiger partial charge is 0.275 e. The fourth-order valence-corrected chi connectivity index (χ4v) is 3.42. The minimum Gasteiger partial charge on any atom is -0.347 e. The summed E-state index contributed by atoms with van der Waals surface area (Å²) in [5.41, 5.74) is 2.13. The first-order chi connectivity index (χ1) is 13.7. The summed E-state index contributed by atoms with van der Waals surface area (Å²) in [6.45, 7) is 10.6. The summed E-state index contributed by atoms with van der Waals surface area (Å²) in [7, 11) is 0. The molecule has 0 aliphatic carbocycles. The Labute approximate surface area is 171 Å². The van der Waals surface area contributed by atoms with Gasteiger partial charge in [0.15, 0.2) is 0 Å². The van der Waals surface area contributed by atoms with Crippen LogP contribution in [0.4, 0.5) is 0 Å². The van der Waals surface area contributed by atoms with Crippen molar-refractivity contribution in [2.75, 3.05) is 0 Å². The monoisotopic (exact) mass is 391 g/mol. The molecule has 0 fully saturated rings. The molecule has 0 saturated heterocycles. The molecule has 1 amide bonds. The van der Waals surface area contributed by atoms with Gasteiger partial charge < -0.3 is 5.32 Å². The molecule has 0 radical (unpaired) electrons. The van der Waals surface area contributed by atoms with Crippen LogP contribution in [0.3, 0.4) is 0 Å². The van der Waals surface area contributed by atoms with Crippen LogP contribution in [0.2, 0.25) is 0 Å². The maximum atomic E-state index is 12.7. The third-order valence-electron chi connectivity index (χ3n) is 5.17. The van der Waals surface area contributed by atoms with Crippen LogP contribution >= 0.6 is 0 Å². The van der Waals surface area contributed by atoms with Crippen molar-refractivity contribution >= 4 is 16.7 Å². The standard InChI is InChI=1S/C24H29N3O2/c1-16(2)22(17-10-12-19(13-11-17)24(3,4)5)26-21(28)15-27-23(29)20-9-7-6-8-18(20)14-25-27/h6-14,16,22H,15H2,1-5H3,(H,26,28). The molecule has 1 N–H and O–H groups in total. The highest BCUT2D eigenvalue weighted by Gasteiger charge is 2.20. The maximum absolute atomic E-state index is 12.7. The zero-order valence-electron chi connectivity index (χ0n) is 17.8. The van der Waals surface area contributed by atoms with Gasteiger partial charge in [0.25, 0.3) is 5.56 Å². The van der Waals surface area contributed by atoms with Crippen molar-refractivity contribution in [1.82, 2.24) is 15.1 Å². The van der Waals surface area contributed by atoms with E-state index >= 15 is 0 Å². The van der Waals surface area contributed by atoms with Crippen LogP contribution in [-0.2, 0) is 16.8 Å². The number of carbonyl (C=O) groups is 1. The number of hydrogen-bond acceptors (Lipinski definition) is 3. The minimum atomic E-state index is -0.256. The number of amides is 1. The first-order valence-corrected chi connectivity index (χ1v) is 10.0. The number of benzene rings is 2. The Hall–Kier alpha value is -2.95. The van der Waals surface area contributed by atoms with Crippen molar-refractivity contribution in [3.63, 3.8) is 0 Å². The lowest BCUT2D eigenvalue weighted by Gasteiger charge is -2.25. The van der Waals surface area contributed by atoms with E-state index in [0.29, 0.717) is 5.39 Å². The van der Waals surface area contributed by atoms with E-state index in [2.05, 4.69) is 69.3 Å². The van der Waals surface area contributed by atoms with Gasteiger partial charge in [-0.3, -0.25) is 9.59 Å². The molecular formula is C24H29N3O2. The summed E-state index contributed by atoms with van der Waals surface area (Å²) < 4.78 is 1.22. The van der Waals surface area contributed by atoms with Crippen molar-refractivity contribution in [1.29, 1.82) is 0 Å². The Kier molecular flexibility index (Phi) is 5.87. The van der Waals surface area contributed by atoms with Crippen molar-refractivity contribution in [2.24, 2.45) is 5.92 Å². The summed E-state index contributed by atoms with van der Waals surface area (Å²) >= 11 is 0. The first-order valence-electron chi connectivity index (χ1n) is 10.0.